The molecular formula is C22H27NO4. The molecule has 0 atom stereocenters. The first kappa shape index (κ1) is 20.4. The van der Waals surface area contributed by atoms with Crippen LogP contribution in [0.1, 0.15) is 35.7 Å². The first-order valence-electron chi connectivity index (χ1n) is 9.03. The number of unbranched alkanes of at least 4 members (excludes halogenated alkanes) is 1. The highest BCUT2D eigenvalue weighted by molar-refractivity contribution is 6.05. The van der Waals surface area contributed by atoms with Crippen molar-refractivity contribution < 1.29 is 19.0 Å². The summed E-state index contributed by atoms with van der Waals surface area (Å²) in [7, 11) is 3.13. The molecule has 1 amide bonds. The number of hydrogen-bond donors (Lipinski definition) is 1. The van der Waals surface area contributed by atoms with Crippen molar-refractivity contribution >= 4 is 11.6 Å². The molecule has 5 nitrogen and oxygen atoms in total. The number of rotatable bonds is 10. The minimum atomic E-state index is -0.243. The highest BCUT2D eigenvalue weighted by atomic mass is 16.5. The summed E-state index contributed by atoms with van der Waals surface area (Å²) < 4.78 is 16.6. The van der Waals surface area contributed by atoms with E-state index in [0.29, 0.717) is 41.5 Å². The summed E-state index contributed by atoms with van der Waals surface area (Å²) in [5, 5.41) is 2.93. The van der Waals surface area contributed by atoms with Gasteiger partial charge < -0.3 is 19.5 Å². The molecule has 0 spiro atoms. The SMILES string of the molecule is C=CCc1cc(C(=O)Nc2ccccc2OCCCC)cc(OC)c1OC. The largest absolute Gasteiger partial charge is 0.493 e. The summed E-state index contributed by atoms with van der Waals surface area (Å²) in [5.41, 5.74) is 1.95. The van der Waals surface area contributed by atoms with E-state index >= 15 is 0 Å². The quantitative estimate of drug-likeness (QED) is 0.480. The van der Waals surface area contributed by atoms with Gasteiger partial charge in [0, 0.05) is 11.1 Å². The van der Waals surface area contributed by atoms with Gasteiger partial charge in [0.1, 0.15) is 5.75 Å². The molecule has 2 aromatic carbocycles. The summed E-state index contributed by atoms with van der Waals surface area (Å²) in [6.45, 7) is 6.48. The van der Waals surface area contributed by atoms with Crippen LogP contribution in [0.3, 0.4) is 0 Å². The van der Waals surface area contributed by atoms with Crippen LogP contribution in [0.5, 0.6) is 17.2 Å². The molecule has 2 rings (SSSR count). The maximum Gasteiger partial charge on any atom is 0.255 e. The summed E-state index contributed by atoms with van der Waals surface area (Å²) in [6.07, 6.45) is 4.34. The van der Waals surface area contributed by atoms with Crippen LogP contribution in [0.25, 0.3) is 0 Å². The Morgan fingerprint density at radius 2 is 1.93 bits per heavy atom. The second-order valence-electron chi connectivity index (χ2n) is 6.02. The van der Waals surface area contributed by atoms with Crippen molar-refractivity contribution in [2.45, 2.75) is 26.2 Å². The molecule has 2 aromatic rings. The maximum absolute atomic E-state index is 12.8. The van der Waals surface area contributed by atoms with E-state index < -0.39 is 0 Å². The van der Waals surface area contributed by atoms with Gasteiger partial charge >= 0.3 is 0 Å². The third kappa shape index (κ3) is 5.26. The predicted molar refractivity (Wildman–Crippen MR) is 108 cm³/mol. The lowest BCUT2D eigenvalue weighted by Crippen LogP contribution is -2.14. The lowest BCUT2D eigenvalue weighted by Gasteiger charge is -2.15. The van der Waals surface area contributed by atoms with Crippen LogP contribution in [-0.2, 0) is 6.42 Å². The fraction of sp³-hybridized carbons (Fsp3) is 0.318. The molecule has 0 aliphatic carbocycles. The van der Waals surface area contributed by atoms with Crippen LogP contribution in [0, 0.1) is 0 Å². The molecule has 0 bridgehead atoms. The molecule has 1 N–H and O–H groups in total. The van der Waals surface area contributed by atoms with E-state index in [4.69, 9.17) is 14.2 Å². The van der Waals surface area contributed by atoms with Crippen molar-refractivity contribution in [1.82, 2.24) is 0 Å². The van der Waals surface area contributed by atoms with Gasteiger partial charge in [0.2, 0.25) is 0 Å². The number of nitrogens with one attached hydrogen (secondary N) is 1. The summed E-state index contributed by atoms with van der Waals surface area (Å²) in [6, 6.07) is 10.9. The smallest absolute Gasteiger partial charge is 0.255 e. The van der Waals surface area contributed by atoms with Crippen LogP contribution >= 0.6 is 0 Å². The van der Waals surface area contributed by atoms with Gasteiger partial charge in [-0.15, -0.1) is 6.58 Å². The number of allylic oxidation sites excluding steroid dienone is 1. The fourth-order valence-corrected chi connectivity index (χ4v) is 2.70. The van der Waals surface area contributed by atoms with Crippen molar-refractivity contribution in [1.29, 1.82) is 0 Å². The number of anilines is 1. The van der Waals surface area contributed by atoms with E-state index in [0.717, 1.165) is 18.4 Å². The normalized spacial score (nSPS) is 10.2. The molecule has 0 aromatic heterocycles. The van der Waals surface area contributed by atoms with Gasteiger partial charge in [-0.2, -0.15) is 0 Å². The molecule has 0 saturated carbocycles. The number of amides is 1. The first-order chi connectivity index (χ1) is 13.1. The molecular weight excluding hydrogens is 342 g/mol. The molecule has 27 heavy (non-hydrogen) atoms. The number of ether oxygens (including phenoxy) is 3. The Morgan fingerprint density at radius 3 is 2.59 bits per heavy atom. The second-order valence-corrected chi connectivity index (χ2v) is 6.02. The Labute approximate surface area is 161 Å². The number of carbonyl (C=O) groups is 1. The zero-order chi connectivity index (χ0) is 19.6. The van der Waals surface area contributed by atoms with Crippen molar-refractivity contribution in [2.24, 2.45) is 0 Å². The Hall–Kier alpha value is -2.95. The Morgan fingerprint density at radius 1 is 1.15 bits per heavy atom. The van der Waals surface area contributed by atoms with Crippen LogP contribution in [0.15, 0.2) is 49.1 Å². The first-order valence-corrected chi connectivity index (χ1v) is 9.03. The highest BCUT2D eigenvalue weighted by Crippen LogP contribution is 2.34. The van der Waals surface area contributed by atoms with Gasteiger partial charge in [-0.3, -0.25) is 4.79 Å². The monoisotopic (exact) mass is 369 g/mol. The third-order valence-electron chi connectivity index (χ3n) is 4.07. The van der Waals surface area contributed by atoms with E-state index in [1.165, 1.54) is 0 Å². The zero-order valence-electron chi connectivity index (χ0n) is 16.2. The summed E-state index contributed by atoms with van der Waals surface area (Å²) in [5.74, 6) is 1.53. The van der Waals surface area contributed by atoms with Crippen molar-refractivity contribution in [2.75, 3.05) is 26.1 Å². The van der Waals surface area contributed by atoms with E-state index in [-0.39, 0.29) is 5.91 Å². The van der Waals surface area contributed by atoms with Crippen molar-refractivity contribution in [3.8, 4) is 17.2 Å². The van der Waals surface area contributed by atoms with Crippen LogP contribution in [0.2, 0.25) is 0 Å². The average molecular weight is 369 g/mol. The molecule has 0 aliphatic rings. The number of benzene rings is 2. The fourth-order valence-electron chi connectivity index (χ4n) is 2.70. The van der Waals surface area contributed by atoms with Crippen molar-refractivity contribution in [3.63, 3.8) is 0 Å². The van der Waals surface area contributed by atoms with Gasteiger partial charge in [-0.05, 0) is 37.1 Å². The molecule has 0 heterocycles. The standard InChI is InChI=1S/C22H27NO4/c1-5-7-13-27-19-12-9-8-11-18(19)23-22(24)17-14-16(10-6-2)21(26-4)20(15-17)25-3/h6,8-9,11-12,14-15H,2,5,7,10,13H2,1,3-4H3,(H,23,24). The minimum absolute atomic E-state index is 0.243. The molecule has 5 heteroatoms. The van der Waals surface area contributed by atoms with E-state index in [2.05, 4.69) is 18.8 Å². The van der Waals surface area contributed by atoms with Gasteiger partial charge in [0.05, 0.1) is 26.5 Å². The Balaban J connectivity index is 2.28. The van der Waals surface area contributed by atoms with Gasteiger partial charge in [0.15, 0.2) is 11.5 Å². The summed E-state index contributed by atoms with van der Waals surface area (Å²) in [4.78, 5) is 12.8. The molecule has 0 unspecified atom stereocenters. The van der Waals surface area contributed by atoms with Crippen molar-refractivity contribution in [3.05, 3.63) is 60.2 Å². The lowest BCUT2D eigenvalue weighted by molar-refractivity contribution is 0.102. The second kappa shape index (κ2) is 10.3. The Kier molecular flexibility index (Phi) is 7.74. The van der Waals surface area contributed by atoms with Crippen LogP contribution in [-0.4, -0.2) is 26.7 Å². The third-order valence-corrected chi connectivity index (χ3v) is 4.07. The topological polar surface area (TPSA) is 56.8 Å². The lowest BCUT2D eigenvalue weighted by atomic mass is 10.0. The maximum atomic E-state index is 12.8. The highest BCUT2D eigenvalue weighted by Gasteiger charge is 2.17. The van der Waals surface area contributed by atoms with E-state index in [1.807, 2.05) is 24.3 Å². The number of para-hydroxylation sites is 2. The van der Waals surface area contributed by atoms with Crippen LogP contribution in [0.4, 0.5) is 5.69 Å². The number of carbonyl (C=O) groups excluding carboxylic acids is 1. The molecule has 0 aliphatic heterocycles. The molecule has 0 saturated heterocycles. The van der Waals surface area contributed by atoms with E-state index in [9.17, 15) is 4.79 Å². The average Bonchev–Trinajstić information content (AvgIpc) is 2.69. The molecule has 0 radical (unpaired) electrons. The summed E-state index contributed by atoms with van der Waals surface area (Å²) >= 11 is 0. The number of methoxy groups -OCH3 is 2. The van der Waals surface area contributed by atoms with Crippen LogP contribution < -0.4 is 19.5 Å². The van der Waals surface area contributed by atoms with Gasteiger partial charge in [0.25, 0.3) is 5.91 Å². The number of hydrogen-bond acceptors (Lipinski definition) is 4. The predicted octanol–water partition coefficient (Wildman–Crippen LogP) is 4.86. The molecule has 144 valence electrons. The molecule has 0 fully saturated rings. The minimum Gasteiger partial charge on any atom is -0.493 e. The van der Waals surface area contributed by atoms with Gasteiger partial charge in [-0.25, -0.2) is 0 Å². The Bertz CT molecular complexity index is 786. The zero-order valence-corrected chi connectivity index (χ0v) is 16.2. The van der Waals surface area contributed by atoms with E-state index in [1.54, 1.807) is 32.4 Å². The van der Waals surface area contributed by atoms with Gasteiger partial charge in [-0.1, -0.05) is 31.6 Å².